The van der Waals surface area contributed by atoms with Crippen molar-refractivity contribution >= 4 is 5.84 Å². The average molecular weight is 240 g/mol. The van der Waals surface area contributed by atoms with Gasteiger partial charge >= 0.3 is 0 Å². The molecule has 18 heavy (non-hydrogen) atoms. The number of nitrogens with zero attached hydrogens (tertiary/aromatic N) is 3. The third-order valence-electron chi connectivity index (χ3n) is 3.38. The largest absolute Gasteiger partial charge is 0.352 e. The Kier molecular flexibility index (Phi) is 2.63. The molecule has 2 heterocycles. The molecule has 2 aromatic rings. The molecule has 1 aliphatic rings. The Morgan fingerprint density at radius 3 is 2.89 bits per heavy atom. The third-order valence-corrected chi connectivity index (χ3v) is 3.38. The van der Waals surface area contributed by atoms with E-state index < -0.39 is 0 Å². The van der Waals surface area contributed by atoms with E-state index in [1.54, 1.807) is 0 Å². The highest BCUT2D eigenvalue weighted by atomic mass is 15.2. The average Bonchev–Trinajstić information content (AvgIpc) is 2.92. The Labute approximate surface area is 106 Å². The van der Waals surface area contributed by atoms with Gasteiger partial charge in [-0.3, -0.25) is 10.1 Å². The summed E-state index contributed by atoms with van der Waals surface area (Å²) in [5.41, 5.74) is 3.55. The minimum Gasteiger partial charge on any atom is -0.352 e. The zero-order chi connectivity index (χ0) is 12.5. The van der Waals surface area contributed by atoms with Gasteiger partial charge in [0.15, 0.2) is 0 Å². The van der Waals surface area contributed by atoms with Crippen LogP contribution >= 0.6 is 0 Å². The van der Waals surface area contributed by atoms with E-state index in [-0.39, 0.29) is 0 Å². The number of benzene rings is 1. The van der Waals surface area contributed by atoms with Crippen molar-refractivity contribution in [3.63, 3.8) is 0 Å². The fourth-order valence-corrected chi connectivity index (χ4v) is 2.40. The molecule has 0 atom stereocenters. The van der Waals surface area contributed by atoms with Gasteiger partial charge in [0, 0.05) is 31.9 Å². The van der Waals surface area contributed by atoms with Crippen LogP contribution in [0.1, 0.15) is 16.7 Å². The number of hydrogen-bond donors (Lipinski definition) is 1. The number of hydrogen-bond acceptors (Lipinski definition) is 2. The number of aryl methyl sites for hydroxylation is 1. The Morgan fingerprint density at radius 2 is 2.17 bits per heavy atom. The summed E-state index contributed by atoms with van der Waals surface area (Å²) in [5.74, 6) is 0.648. The second-order valence-electron chi connectivity index (χ2n) is 4.70. The van der Waals surface area contributed by atoms with Gasteiger partial charge in [-0.05, 0) is 17.5 Å². The summed E-state index contributed by atoms with van der Waals surface area (Å²) >= 11 is 0. The lowest BCUT2D eigenvalue weighted by atomic mass is 10.1. The summed E-state index contributed by atoms with van der Waals surface area (Å²) in [6, 6.07) is 8.17. The van der Waals surface area contributed by atoms with Gasteiger partial charge in [0.25, 0.3) is 0 Å². The van der Waals surface area contributed by atoms with Crippen LogP contribution in [0.5, 0.6) is 0 Å². The number of rotatable bonds is 3. The molecule has 0 fully saturated rings. The highest BCUT2D eigenvalue weighted by Gasteiger charge is 2.22. The van der Waals surface area contributed by atoms with Crippen LogP contribution in [0.3, 0.4) is 0 Å². The van der Waals surface area contributed by atoms with Crippen LogP contribution in [0.2, 0.25) is 0 Å². The molecule has 0 bridgehead atoms. The van der Waals surface area contributed by atoms with Crippen molar-refractivity contribution < 1.29 is 0 Å². The zero-order valence-electron chi connectivity index (χ0n) is 10.4. The molecule has 4 nitrogen and oxygen atoms in total. The van der Waals surface area contributed by atoms with Gasteiger partial charge in [-0.1, -0.05) is 24.3 Å². The van der Waals surface area contributed by atoms with Crippen LogP contribution in [0.4, 0.5) is 0 Å². The monoisotopic (exact) mass is 240 g/mol. The molecular formula is C14H16N4. The van der Waals surface area contributed by atoms with Crippen LogP contribution < -0.4 is 0 Å². The lowest BCUT2D eigenvalue weighted by molar-refractivity contribution is 0.432. The van der Waals surface area contributed by atoms with Crippen LogP contribution in [0, 0.1) is 5.41 Å². The van der Waals surface area contributed by atoms with Gasteiger partial charge in [-0.2, -0.15) is 5.10 Å². The molecule has 4 heteroatoms. The molecule has 92 valence electrons. The number of amidine groups is 1. The minimum absolute atomic E-state index is 0.648. The van der Waals surface area contributed by atoms with Crippen LogP contribution in [0.15, 0.2) is 36.7 Å². The van der Waals surface area contributed by atoms with Crippen molar-refractivity contribution in [3.8, 4) is 0 Å². The van der Waals surface area contributed by atoms with E-state index in [2.05, 4.69) is 16.1 Å². The third kappa shape index (κ3) is 1.90. The summed E-state index contributed by atoms with van der Waals surface area (Å²) in [5, 5.41) is 12.3. The summed E-state index contributed by atoms with van der Waals surface area (Å²) < 4.78 is 1.82. The van der Waals surface area contributed by atoms with Crippen molar-refractivity contribution in [2.24, 2.45) is 7.05 Å². The summed E-state index contributed by atoms with van der Waals surface area (Å²) in [6.07, 6.45) is 4.86. The second kappa shape index (κ2) is 4.29. The van der Waals surface area contributed by atoms with E-state index in [1.807, 2.05) is 42.3 Å². The number of aromatic nitrogens is 2. The van der Waals surface area contributed by atoms with E-state index in [9.17, 15) is 0 Å². The Bertz CT molecular complexity index is 585. The van der Waals surface area contributed by atoms with Crippen LogP contribution in [-0.2, 0) is 20.0 Å². The standard InChI is InChI=1S/C14H16N4/c1-17-9-11(8-16-17)6-7-18-10-12-4-2-3-5-13(12)14(18)15/h2-5,8-9,15H,6-7,10H2,1H3. The molecule has 0 radical (unpaired) electrons. The molecule has 3 rings (SSSR count). The first-order valence-corrected chi connectivity index (χ1v) is 6.13. The van der Waals surface area contributed by atoms with E-state index in [0.29, 0.717) is 5.84 Å². The van der Waals surface area contributed by atoms with Gasteiger partial charge in [-0.25, -0.2) is 0 Å². The maximum atomic E-state index is 8.16. The van der Waals surface area contributed by atoms with E-state index in [4.69, 9.17) is 5.41 Å². The first kappa shape index (κ1) is 11.0. The molecule has 0 unspecified atom stereocenters. The maximum Gasteiger partial charge on any atom is 0.128 e. The van der Waals surface area contributed by atoms with Crippen LogP contribution in [-0.4, -0.2) is 27.1 Å². The van der Waals surface area contributed by atoms with E-state index in [1.165, 1.54) is 11.1 Å². The fourth-order valence-electron chi connectivity index (χ4n) is 2.40. The molecule has 0 saturated heterocycles. The lowest BCUT2D eigenvalue weighted by Gasteiger charge is -2.17. The molecule has 0 spiro atoms. The summed E-state index contributed by atoms with van der Waals surface area (Å²) in [4.78, 5) is 2.12. The van der Waals surface area contributed by atoms with Crippen molar-refractivity contribution in [2.75, 3.05) is 6.54 Å². The van der Waals surface area contributed by atoms with Crippen molar-refractivity contribution in [1.29, 1.82) is 5.41 Å². The normalized spacial score (nSPS) is 14.1. The Balaban J connectivity index is 1.68. The number of fused-ring (bicyclic) bond motifs is 1. The first-order chi connectivity index (χ1) is 8.74. The predicted molar refractivity (Wildman–Crippen MR) is 70.6 cm³/mol. The molecule has 0 aliphatic carbocycles. The first-order valence-electron chi connectivity index (χ1n) is 6.13. The molecule has 1 N–H and O–H groups in total. The highest BCUT2D eigenvalue weighted by Crippen LogP contribution is 2.22. The van der Waals surface area contributed by atoms with Gasteiger partial charge in [-0.15, -0.1) is 0 Å². The second-order valence-corrected chi connectivity index (χ2v) is 4.70. The zero-order valence-corrected chi connectivity index (χ0v) is 10.4. The SMILES string of the molecule is Cn1cc(CCN2Cc3ccccc3C2=N)cn1. The summed E-state index contributed by atoms with van der Waals surface area (Å²) in [6.45, 7) is 1.73. The predicted octanol–water partition coefficient (Wildman–Crippen LogP) is 1.80. The highest BCUT2D eigenvalue weighted by molar-refractivity contribution is 6.00. The molecule has 0 saturated carbocycles. The molecule has 1 aromatic carbocycles. The van der Waals surface area contributed by atoms with Crippen molar-refractivity contribution in [2.45, 2.75) is 13.0 Å². The smallest absolute Gasteiger partial charge is 0.128 e. The number of nitrogens with one attached hydrogen (secondary N) is 1. The summed E-state index contributed by atoms with van der Waals surface area (Å²) in [7, 11) is 1.93. The van der Waals surface area contributed by atoms with Gasteiger partial charge in [0.1, 0.15) is 5.84 Å². The topological polar surface area (TPSA) is 44.9 Å². The lowest BCUT2D eigenvalue weighted by Crippen LogP contribution is -2.26. The molecular weight excluding hydrogens is 224 g/mol. The van der Waals surface area contributed by atoms with E-state index >= 15 is 0 Å². The van der Waals surface area contributed by atoms with Gasteiger partial charge in [0.2, 0.25) is 0 Å². The molecule has 0 amide bonds. The van der Waals surface area contributed by atoms with E-state index in [0.717, 1.165) is 25.1 Å². The maximum absolute atomic E-state index is 8.16. The Hall–Kier alpha value is -2.10. The minimum atomic E-state index is 0.648. The van der Waals surface area contributed by atoms with Crippen LogP contribution in [0.25, 0.3) is 0 Å². The quantitative estimate of drug-likeness (QED) is 0.889. The Morgan fingerprint density at radius 1 is 1.33 bits per heavy atom. The van der Waals surface area contributed by atoms with Crippen molar-refractivity contribution in [3.05, 3.63) is 53.3 Å². The molecule has 1 aromatic heterocycles. The van der Waals surface area contributed by atoms with Crippen molar-refractivity contribution in [1.82, 2.24) is 14.7 Å². The fraction of sp³-hybridized carbons (Fsp3) is 0.286. The molecule has 1 aliphatic heterocycles. The van der Waals surface area contributed by atoms with Gasteiger partial charge < -0.3 is 4.90 Å². The van der Waals surface area contributed by atoms with Gasteiger partial charge in [0.05, 0.1) is 6.20 Å².